The first-order chi connectivity index (χ1) is 11.3. The monoisotopic (exact) mass is 307 g/mol. The van der Waals surface area contributed by atoms with E-state index >= 15 is 0 Å². The van der Waals surface area contributed by atoms with E-state index < -0.39 is 0 Å². The summed E-state index contributed by atoms with van der Waals surface area (Å²) in [5, 5.41) is 3.53. The Labute approximate surface area is 134 Å². The molecule has 0 radical (unpaired) electrons. The van der Waals surface area contributed by atoms with E-state index in [9.17, 15) is 4.39 Å². The molecule has 4 heteroatoms. The number of imidazole rings is 1. The fraction of sp³-hybridized carbons (Fsp3) is 0.211. The maximum absolute atomic E-state index is 13.0. The van der Waals surface area contributed by atoms with Crippen LogP contribution < -0.4 is 5.32 Å². The summed E-state index contributed by atoms with van der Waals surface area (Å²) in [6.45, 7) is 0.900. The van der Waals surface area contributed by atoms with Crippen molar-refractivity contribution in [1.29, 1.82) is 0 Å². The summed E-state index contributed by atoms with van der Waals surface area (Å²) >= 11 is 0. The SMILES string of the molecule is Fc1ccc(-c2ncc(-c3cccc(CNC4CC4)c3)[nH]2)cc1. The molecule has 0 saturated heterocycles. The van der Waals surface area contributed by atoms with Gasteiger partial charge in [0, 0.05) is 18.2 Å². The van der Waals surface area contributed by atoms with Crippen LogP contribution in [0.2, 0.25) is 0 Å². The molecule has 4 rings (SSSR count). The molecule has 0 spiro atoms. The number of nitrogens with one attached hydrogen (secondary N) is 2. The van der Waals surface area contributed by atoms with Crippen molar-refractivity contribution in [3.05, 3.63) is 66.1 Å². The van der Waals surface area contributed by atoms with Crippen LogP contribution in [0.25, 0.3) is 22.6 Å². The predicted molar refractivity (Wildman–Crippen MR) is 89.3 cm³/mol. The van der Waals surface area contributed by atoms with E-state index in [1.165, 1.54) is 30.5 Å². The van der Waals surface area contributed by atoms with Crippen LogP contribution in [0.1, 0.15) is 18.4 Å². The van der Waals surface area contributed by atoms with Gasteiger partial charge in [0.05, 0.1) is 11.9 Å². The number of aromatic amines is 1. The molecule has 1 fully saturated rings. The van der Waals surface area contributed by atoms with Crippen molar-refractivity contribution < 1.29 is 4.39 Å². The van der Waals surface area contributed by atoms with E-state index in [2.05, 4.69) is 39.6 Å². The lowest BCUT2D eigenvalue weighted by molar-refractivity contribution is 0.628. The van der Waals surface area contributed by atoms with E-state index in [0.29, 0.717) is 6.04 Å². The molecule has 0 bridgehead atoms. The molecule has 0 amide bonds. The van der Waals surface area contributed by atoms with Gasteiger partial charge in [-0.3, -0.25) is 0 Å². The average molecular weight is 307 g/mol. The van der Waals surface area contributed by atoms with Gasteiger partial charge in [0.25, 0.3) is 0 Å². The van der Waals surface area contributed by atoms with Crippen molar-refractivity contribution in [2.75, 3.05) is 0 Å². The fourth-order valence-corrected chi connectivity index (χ4v) is 2.62. The highest BCUT2D eigenvalue weighted by Gasteiger charge is 2.19. The van der Waals surface area contributed by atoms with E-state index in [1.807, 2.05) is 6.20 Å². The van der Waals surface area contributed by atoms with Crippen LogP contribution in [0.3, 0.4) is 0 Å². The molecular formula is C19H18FN3. The Morgan fingerprint density at radius 1 is 1.09 bits per heavy atom. The molecule has 23 heavy (non-hydrogen) atoms. The van der Waals surface area contributed by atoms with Crippen molar-refractivity contribution >= 4 is 0 Å². The van der Waals surface area contributed by atoms with Crippen LogP contribution in [-0.4, -0.2) is 16.0 Å². The molecule has 1 heterocycles. The number of hydrogen-bond donors (Lipinski definition) is 2. The molecule has 2 N–H and O–H groups in total. The second-order valence-corrected chi connectivity index (χ2v) is 6.01. The zero-order chi connectivity index (χ0) is 15.6. The predicted octanol–water partition coefficient (Wildman–Crippen LogP) is 4.13. The van der Waals surface area contributed by atoms with Crippen LogP contribution in [-0.2, 0) is 6.54 Å². The van der Waals surface area contributed by atoms with Crippen LogP contribution in [0.15, 0.2) is 54.7 Å². The Morgan fingerprint density at radius 3 is 2.70 bits per heavy atom. The lowest BCUT2D eigenvalue weighted by Gasteiger charge is -2.05. The lowest BCUT2D eigenvalue weighted by atomic mass is 10.1. The van der Waals surface area contributed by atoms with Crippen molar-refractivity contribution in [2.24, 2.45) is 0 Å². The highest BCUT2D eigenvalue weighted by molar-refractivity contribution is 5.64. The Morgan fingerprint density at radius 2 is 1.91 bits per heavy atom. The summed E-state index contributed by atoms with van der Waals surface area (Å²) in [5.41, 5.74) is 4.23. The maximum atomic E-state index is 13.0. The molecule has 3 aromatic rings. The van der Waals surface area contributed by atoms with Gasteiger partial charge in [-0.15, -0.1) is 0 Å². The smallest absolute Gasteiger partial charge is 0.137 e. The number of hydrogen-bond acceptors (Lipinski definition) is 2. The minimum atomic E-state index is -0.239. The maximum Gasteiger partial charge on any atom is 0.137 e. The van der Waals surface area contributed by atoms with Gasteiger partial charge in [-0.25, -0.2) is 9.37 Å². The number of H-pyrrole nitrogens is 1. The summed E-state index contributed by atoms with van der Waals surface area (Å²) in [4.78, 5) is 7.73. The van der Waals surface area contributed by atoms with Gasteiger partial charge in [-0.1, -0.05) is 18.2 Å². The Hall–Kier alpha value is -2.46. The lowest BCUT2D eigenvalue weighted by Crippen LogP contribution is -2.15. The van der Waals surface area contributed by atoms with Gasteiger partial charge in [-0.2, -0.15) is 0 Å². The van der Waals surface area contributed by atoms with E-state index in [-0.39, 0.29) is 5.82 Å². The molecule has 1 aliphatic rings. The number of nitrogens with zero attached hydrogens (tertiary/aromatic N) is 1. The largest absolute Gasteiger partial charge is 0.338 e. The molecule has 0 atom stereocenters. The fourth-order valence-electron chi connectivity index (χ4n) is 2.62. The molecule has 3 nitrogen and oxygen atoms in total. The van der Waals surface area contributed by atoms with E-state index in [0.717, 1.165) is 29.2 Å². The van der Waals surface area contributed by atoms with Crippen LogP contribution in [0.5, 0.6) is 0 Å². The minimum absolute atomic E-state index is 0.239. The first-order valence-electron chi connectivity index (χ1n) is 7.91. The second-order valence-electron chi connectivity index (χ2n) is 6.01. The Bertz CT molecular complexity index is 803. The number of halogens is 1. The zero-order valence-electron chi connectivity index (χ0n) is 12.7. The summed E-state index contributed by atoms with van der Waals surface area (Å²) in [7, 11) is 0. The van der Waals surface area contributed by atoms with Crippen molar-refractivity contribution in [1.82, 2.24) is 15.3 Å². The van der Waals surface area contributed by atoms with Crippen LogP contribution >= 0.6 is 0 Å². The standard InChI is InChI=1S/C19H18FN3/c20-16-6-4-14(5-7-16)19-22-12-18(23-19)15-3-1-2-13(10-15)11-21-17-8-9-17/h1-7,10,12,17,21H,8-9,11H2,(H,22,23). The van der Waals surface area contributed by atoms with Crippen molar-refractivity contribution in [3.63, 3.8) is 0 Å². The zero-order valence-corrected chi connectivity index (χ0v) is 12.7. The third-order valence-corrected chi connectivity index (χ3v) is 4.10. The van der Waals surface area contributed by atoms with Gasteiger partial charge in [0.15, 0.2) is 0 Å². The molecule has 116 valence electrons. The third-order valence-electron chi connectivity index (χ3n) is 4.10. The first kappa shape index (κ1) is 14.2. The molecular weight excluding hydrogens is 289 g/mol. The van der Waals surface area contributed by atoms with Gasteiger partial charge >= 0.3 is 0 Å². The molecule has 1 saturated carbocycles. The number of benzene rings is 2. The molecule has 2 aromatic carbocycles. The summed E-state index contributed by atoms with van der Waals surface area (Å²) in [6, 6.07) is 15.5. The summed E-state index contributed by atoms with van der Waals surface area (Å²) in [5.74, 6) is 0.512. The number of aromatic nitrogens is 2. The Kier molecular flexibility index (Phi) is 3.67. The van der Waals surface area contributed by atoms with Crippen LogP contribution in [0, 0.1) is 5.82 Å². The topological polar surface area (TPSA) is 40.7 Å². The van der Waals surface area contributed by atoms with E-state index in [1.54, 1.807) is 12.1 Å². The van der Waals surface area contributed by atoms with Crippen molar-refractivity contribution in [2.45, 2.75) is 25.4 Å². The normalized spacial score (nSPS) is 14.1. The van der Waals surface area contributed by atoms with Gasteiger partial charge in [0.1, 0.15) is 11.6 Å². The molecule has 0 unspecified atom stereocenters. The van der Waals surface area contributed by atoms with Crippen LogP contribution in [0.4, 0.5) is 4.39 Å². The summed E-state index contributed by atoms with van der Waals surface area (Å²) in [6.07, 6.45) is 4.41. The first-order valence-corrected chi connectivity index (χ1v) is 7.91. The van der Waals surface area contributed by atoms with Crippen molar-refractivity contribution in [3.8, 4) is 22.6 Å². The van der Waals surface area contributed by atoms with Gasteiger partial charge in [0.2, 0.25) is 0 Å². The molecule has 0 aliphatic heterocycles. The highest BCUT2D eigenvalue weighted by atomic mass is 19.1. The van der Waals surface area contributed by atoms with Gasteiger partial charge in [-0.05, 0) is 54.3 Å². The van der Waals surface area contributed by atoms with Gasteiger partial charge < -0.3 is 10.3 Å². The number of rotatable bonds is 5. The highest BCUT2D eigenvalue weighted by Crippen LogP contribution is 2.24. The second kappa shape index (κ2) is 5.97. The third kappa shape index (κ3) is 3.32. The quantitative estimate of drug-likeness (QED) is 0.744. The van der Waals surface area contributed by atoms with E-state index in [4.69, 9.17) is 0 Å². The average Bonchev–Trinajstić information content (AvgIpc) is 3.28. The Balaban J connectivity index is 1.55. The molecule has 1 aromatic heterocycles. The minimum Gasteiger partial charge on any atom is -0.338 e. The molecule has 1 aliphatic carbocycles. The summed E-state index contributed by atoms with van der Waals surface area (Å²) < 4.78 is 13.0.